The van der Waals surface area contributed by atoms with Crippen LogP contribution >= 0.6 is 0 Å². The summed E-state index contributed by atoms with van der Waals surface area (Å²) in [5.74, 6) is -0.637. The van der Waals surface area contributed by atoms with Crippen LogP contribution < -0.4 is 5.32 Å². The minimum atomic E-state index is -4.69. The number of nitrogens with zero attached hydrogens (tertiary/aromatic N) is 1. The van der Waals surface area contributed by atoms with Crippen molar-refractivity contribution in [2.24, 2.45) is 0 Å². The molecule has 0 aliphatic rings. The molecule has 0 spiro atoms. The summed E-state index contributed by atoms with van der Waals surface area (Å²) in [6, 6.07) is 5.22. The molecule has 3 nitrogen and oxygen atoms in total. The van der Waals surface area contributed by atoms with Crippen molar-refractivity contribution in [1.29, 1.82) is 5.26 Å². The average Bonchev–Trinajstić information content (AvgIpc) is 2.26. The van der Waals surface area contributed by atoms with Gasteiger partial charge in [-0.2, -0.15) is 18.4 Å². The molecule has 2 N–H and O–H groups in total. The van der Waals surface area contributed by atoms with Gasteiger partial charge < -0.3 is 10.4 Å². The first-order valence-electron chi connectivity index (χ1n) is 4.98. The summed E-state index contributed by atoms with van der Waals surface area (Å²) in [4.78, 5) is 0. The topological polar surface area (TPSA) is 56.0 Å². The molecule has 1 unspecified atom stereocenters. The van der Waals surface area contributed by atoms with Crippen LogP contribution in [0.15, 0.2) is 18.2 Å². The van der Waals surface area contributed by atoms with Crippen LogP contribution in [-0.2, 0) is 6.54 Å². The summed E-state index contributed by atoms with van der Waals surface area (Å²) in [6.45, 7) is -0.762. The molecule has 0 aliphatic carbocycles. The van der Waals surface area contributed by atoms with Crippen LogP contribution in [-0.4, -0.2) is 23.9 Å². The fourth-order valence-corrected chi connectivity index (χ4v) is 1.29. The number of rotatable bonds is 4. The van der Waals surface area contributed by atoms with Gasteiger partial charge in [-0.3, -0.25) is 0 Å². The second-order valence-corrected chi connectivity index (χ2v) is 3.65. The third kappa shape index (κ3) is 4.31. The quantitative estimate of drug-likeness (QED) is 0.812. The lowest BCUT2D eigenvalue weighted by molar-refractivity contribution is -0.201. The highest BCUT2D eigenvalue weighted by atomic mass is 19.4. The number of halogens is 4. The van der Waals surface area contributed by atoms with E-state index in [-0.39, 0.29) is 12.1 Å². The van der Waals surface area contributed by atoms with Crippen molar-refractivity contribution in [3.8, 4) is 6.07 Å². The summed E-state index contributed by atoms with van der Waals surface area (Å²) in [5, 5.41) is 19.6. The number of alkyl halides is 3. The lowest BCUT2D eigenvalue weighted by Gasteiger charge is -2.15. The zero-order valence-electron chi connectivity index (χ0n) is 9.13. The molecule has 0 amide bonds. The molecule has 1 aromatic rings. The highest BCUT2D eigenvalue weighted by Crippen LogP contribution is 2.19. The van der Waals surface area contributed by atoms with E-state index in [4.69, 9.17) is 10.4 Å². The maximum atomic E-state index is 13.0. The Morgan fingerprint density at radius 3 is 2.56 bits per heavy atom. The number of aliphatic hydroxyl groups is 1. The van der Waals surface area contributed by atoms with Gasteiger partial charge in [-0.15, -0.1) is 0 Å². The van der Waals surface area contributed by atoms with E-state index >= 15 is 0 Å². The third-order valence-electron chi connectivity index (χ3n) is 2.13. The Hall–Kier alpha value is -1.65. The fourth-order valence-electron chi connectivity index (χ4n) is 1.29. The fraction of sp³-hybridized carbons (Fsp3) is 0.364. The predicted octanol–water partition coefficient (Wildman–Crippen LogP) is 1.71. The van der Waals surface area contributed by atoms with Gasteiger partial charge in [0.2, 0.25) is 0 Å². The highest BCUT2D eigenvalue weighted by molar-refractivity contribution is 5.33. The van der Waals surface area contributed by atoms with Gasteiger partial charge in [0.05, 0.1) is 11.6 Å². The van der Waals surface area contributed by atoms with E-state index in [0.717, 1.165) is 12.1 Å². The molecule has 0 heterocycles. The molecular weight excluding hydrogens is 252 g/mol. The van der Waals surface area contributed by atoms with E-state index < -0.39 is 24.6 Å². The summed E-state index contributed by atoms with van der Waals surface area (Å²) < 4.78 is 48.9. The van der Waals surface area contributed by atoms with Gasteiger partial charge in [0.25, 0.3) is 0 Å². The molecule has 0 saturated carbocycles. The van der Waals surface area contributed by atoms with Crippen LogP contribution in [0.4, 0.5) is 17.6 Å². The smallest absolute Gasteiger partial charge is 0.382 e. The molecule has 0 bridgehead atoms. The molecule has 7 heteroatoms. The second-order valence-electron chi connectivity index (χ2n) is 3.65. The molecule has 1 rings (SSSR count). The first kappa shape index (κ1) is 14.4. The Morgan fingerprint density at radius 2 is 2.00 bits per heavy atom. The number of hydrogen-bond donors (Lipinski definition) is 2. The Bertz CT molecular complexity index is 453. The van der Waals surface area contributed by atoms with Crippen molar-refractivity contribution in [2.75, 3.05) is 6.54 Å². The largest absolute Gasteiger partial charge is 0.415 e. The number of aliphatic hydroxyl groups excluding tert-OH is 1. The first-order chi connectivity index (χ1) is 8.32. The summed E-state index contributed by atoms with van der Waals surface area (Å²) >= 11 is 0. The summed E-state index contributed by atoms with van der Waals surface area (Å²) in [5.41, 5.74) is 0.420. The van der Waals surface area contributed by atoms with Gasteiger partial charge in [-0.05, 0) is 23.8 Å². The van der Waals surface area contributed by atoms with E-state index in [1.54, 1.807) is 6.07 Å². The van der Waals surface area contributed by atoms with E-state index in [2.05, 4.69) is 5.32 Å². The maximum absolute atomic E-state index is 13.0. The minimum absolute atomic E-state index is 0.0699. The number of nitriles is 1. The van der Waals surface area contributed by atoms with Crippen molar-refractivity contribution in [3.05, 3.63) is 35.1 Å². The zero-order chi connectivity index (χ0) is 13.8. The highest BCUT2D eigenvalue weighted by Gasteiger charge is 2.37. The number of nitrogens with one attached hydrogen (secondary N) is 1. The Kier molecular flexibility index (Phi) is 4.64. The van der Waals surface area contributed by atoms with Crippen LogP contribution in [0.1, 0.15) is 11.1 Å². The molecule has 0 aliphatic heterocycles. The average molecular weight is 262 g/mol. The SMILES string of the molecule is N#Cc1cc(F)cc(CNCC(O)C(F)(F)F)c1. The molecule has 1 aromatic carbocycles. The minimum Gasteiger partial charge on any atom is -0.382 e. The van der Waals surface area contributed by atoms with Gasteiger partial charge in [-0.1, -0.05) is 0 Å². The van der Waals surface area contributed by atoms with Crippen LogP contribution in [0.3, 0.4) is 0 Å². The van der Waals surface area contributed by atoms with Gasteiger partial charge in [0.15, 0.2) is 6.10 Å². The van der Waals surface area contributed by atoms with Crippen molar-refractivity contribution in [1.82, 2.24) is 5.32 Å². The van der Waals surface area contributed by atoms with Gasteiger partial charge in [-0.25, -0.2) is 4.39 Å². The molecule has 0 aromatic heterocycles. The zero-order valence-corrected chi connectivity index (χ0v) is 9.13. The summed E-state index contributed by atoms with van der Waals surface area (Å²) in [6.07, 6.45) is -7.16. The van der Waals surface area contributed by atoms with E-state index in [1.165, 1.54) is 6.07 Å². The van der Waals surface area contributed by atoms with Crippen LogP contribution in [0, 0.1) is 17.1 Å². The van der Waals surface area contributed by atoms with Gasteiger partial charge in [0, 0.05) is 13.1 Å². The molecule has 98 valence electrons. The van der Waals surface area contributed by atoms with Gasteiger partial charge >= 0.3 is 6.18 Å². The van der Waals surface area contributed by atoms with E-state index in [0.29, 0.717) is 5.56 Å². The third-order valence-corrected chi connectivity index (χ3v) is 2.13. The summed E-state index contributed by atoms with van der Waals surface area (Å²) in [7, 11) is 0. The molecule has 1 atom stereocenters. The Labute approximate surface area is 101 Å². The Balaban J connectivity index is 2.55. The first-order valence-corrected chi connectivity index (χ1v) is 4.98. The van der Waals surface area contributed by atoms with Crippen molar-refractivity contribution < 1.29 is 22.7 Å². The standard InChI is InChI=1S/C11H10F4N2O/c12-9-2-7(4-16)1-8(3-9)5-17-6-10(18)11(13,14)15/h1-3,10,17-18H,5-6H2. The maximum Gasteiger partial charge on any atom is 0.415 e. The number of benzene rings is 1. The lowest BCUT2D eigenvalue weighted by atomic mass is 10.1. The Morgan fingerprint density at radius 1 is 1.33 bits per heavy atom. The molecular formula is C11H10F4N2O. The second kappa shape index (κ2) is 5.80. The van der Waals surface area contributed by atoms with Gasteiger partial charge in [0.1, 0.15) is 5.82 Å². The van der Waals surface area contributed by atoms with Crippen LogP contribution in [0.25, 0.3) is 0 Å². The number of hydrogen-bond acceptors (Lipinski definition) is 3. The predicted molar refractivity (Wildman–Crippen MR) is 54.9 cm³/mol. The monoisotopic (exact) mass is 262 g/mol. The molecule has 0 fully saturated rings. The van der Waals surface area contributed by atoms with Crippen LogP contribution in [0.2, 0.25) is 0 Å². The van der Waals surface area contributed by atoms with E-state index in [9.17, 15) is 17.6 Å². The van der Waals surface area contributed by atoms with Crippen molar-refractivity contribution >= 4 is 0 Å². The molecule has 18 heavy (non-hydrogen) atoms. The van der Waals surface area contributed by atoms with Crippen molar-refractivity contribution in [3.63, 3.8) is 0 Å². The van der Waals surface area contributed by atoms with E-state index in [1.807, 2.05) is 0 Å². The molecule has 0 saturated heterocycles. The van der Waals surface area contributed by atoms with Crippen LogP contribution in [0.5, 0.6) is 0 Å². The van der Waals surface area contributed by atoms with Crippen molar-refractivity contribution in [2.45, 2.75) is 18.8 Å². The normalized spacial score (nSPS) is 13.1. The lowest BCUT2D eigenvalue weighted by Crippen LogP contribution is -2.38. The molecule has 0 radical (unpaired) electrons.